The molecule has 14 heavy (non-hydrogen) atoms. The summed E-state index contributed by atoms with van der Waals surface area (Å²) in [5.41, 5.74) is 5.37. The van der Waals surface area contributed by atoms with Crippen LogP contribution in [0.25, 0.3) is 0 Å². The summed E-state index contributed by atoms with van der Waals surface area (Å²) in [4.78, 5) is 0. The van der Waals surface area contributed by atoms with Gasteiger partial charge in [-0.3, -0.25) is 0 Å². The van der Waals surface area contributed by atoms with Crippen LogP contribution in [0.5, 0.6) is 0 Å². The van der Waals surface area contributed by atoms with Crippen molar-refractivity contribution < 1.29 is 0 Å². The standard InChI is InChI=1S/C10H26N4/c1-2-12-7-4-8-14-10-9-13-6-3-5-11/h12-14H,2-11H2,1H3. The molecule has 0 saturated heterocycles. The number of nitrogens with one attached hydrogen (secondary N) is 3. The molecule has 0 aliphatic rings. The first-order valence-electron chi connectivity index (χ1n) is 5.74. The van der Waals surface area contributed by atoms with Crippen LogP contribution in [-0.2, 0) is 0 Å². The smallest absolute Gasteiger partial charge is 0.00767 e. The van der Waals surface area contributed by atoms with Crippen LogP contribution in [-0.4, -0.2) is 45.8 Å². The van der Waals surface area contributed by atoms with E-state index in [1.165, 1.54) is 6.42 Å². The zero-order valence-corrected chi connectivity index (χ0v) is 9.44. The summed E-state index contributed by atoms with van der Waals surface area (Å²) in [6.07, 6.45) is 2.27. The molecule has 0 unspecified atom stereocenters. The van der Waals surface area contributed by atoms with Gasteiger partial charge in [0.15, 0.2) is 0 Å². The SMILES string of the molecule is CCNCCCNCCNCCCN. The van der Waals surface area contributed by atoms with Crippen LogP contribution in [0.1, 0.15) is 19.8 Å². The van der Waals surface area contributed by atoms with Crippen LogP contribution in [0, 0.1) is 0 Å². The van der Waals surface area contributed by atoms with Gasteiger partial charge in [0.2, 0.25) is 0 Å². The fraction of sp³-hybridized carbons (Fsp3) is 1.00. The fourth-order valence-electron chi connectivity index (χ4n) is 1.17. The number of hydrogen-bond acceptors (Lipinski definition) is 4. The van der Waals surface area contributed by atoms with Gasteiger partial charge in [-0.2, -0.15) is 0 Å². The third kappa shape index (κ3) is 11.8. The van der Waals surface area contributed by atoms with Crippen molar-refractivity contribution in [3.05, 3.63) is 0 Å². The molecular formula is C10H26N4. The third-order valence-electron chi connectivity index (χ3n) is 1.99. The van der Waals surface area contributed by atoms with E-state index in [-0.39, 0.29) is 0 Å². The Morgan fingerprint density at radius 3 is 1.93 bits per heavy atom. The molecule has 0 spiro atoms. The van der Waals surface area contributed by atoms with Crippen molar-refractivity contribution >= 4 is 0 Å². The van der Waals surface area contributed by atoms with Crippen LogP contribution in [0.2, 0.25) is 0 Å². The van der Waals surface area contributed by atoms with Crippen LogP contribution < -0.4 is 21.7 Å². The molecule has 0 rings (SSSR count). The van der Waals surface area contributed by atoms with Gasteiger partial charge in [-0.1, -0.05) is 6.92 Å². The molecule has 0 saturated carbocycles. The van der Waals surface area contributed by atoms with Crippen molar-refractivity contribution in [2.45, 2.75) is 19.8 Å². The number of hydrogen-bond donors (Lipinski definition) is 4. The Hall–Kier alpha value is -0.160. The summed E-state index contributed by atoms with van der Waals surface area (Å²) < 4.78 is 0. The quantitative estimate of drug-likeness (QED) is 0.342. The topological polar surface area (TPSA) is 62.1 Å². The summed E-state index contributed by atoms with van der Waals surface area (Å²) in [5, 5.41) is 10.0. The van der Waals surface area contributed by atoms with E-state index in [4.69, 9.17) is 5.73 Å². The lowest BCUT2D eigenvalue weighted by Gasteiger charge is -2.06. The molecule has 0 aromatic rings. The molecule has 0 aliphatic carbocycles. The van der Waals surface area contributed by atoms with Gasteiger partial charge in [0.1, 0.15) is 0 Å². The predicted molar refractivity (Wildman–Crippen MR) is 62.6 cm³/mol. The summed E-state index contributed by atoms with van der Waals surface area (Å²) in [6, 6.07) is 0. The van der Waals surface area contributed by atoms with Gasteiger partial charge in [0.25, 0.3) is 0 Å². The van der Waals surface area contributed by atoms with Crippen molar-refractivity contribution in [3.8, 4) is 0 Å². The Balaban J connectivity index is 2.78. The monoisotopic (exact) mass is 202 g/mol. The maximum Gasteiger partial charge on any atom is 0.00767 e. The van der Waals surface area contributed by atoms with Gasteiger partial charge in [0, 0.05) is 13.1 Å². The van der Waals surface area contributed by atoms with E-state index in [0.29, 0.717) is 0 Å². The van der Waals surface area contributed by atoms with Gasteiger partial charge in [0.05, 0.1) is 0 Å². The Morgan fingerprint density at radius 2 is 1.36 bits per heavy atom. The maximum absolute atomic E-state index is 5.37. The minimum absolute atomic E-state index is 0.781. The predicted octanol–water partition coefficient (Wildman–Crippen LogP) is -0.486. The highest BCUT2D eigenvalue weighted by Crippen LogP contribution is 1.73. The average molecular weight is 202 g/mol. The molecule has 0 aliphatic heterocycles. The van der Waals surface area contributed by atoms with E-state index in [2.05, 4.69) is 22.9 Å². The second kappa shape index (κ2) is 12.8. The first kappa shape index (κ1) is 13.8. The second-order valence-corrected chi connectivity index (χ2v) is 3.35. The molecule has 5 N–H and O–H groups in total. The fourth-order valence-corrected chi connectivity index (χ4v) is 1.17. The highest BCUT2D eigenvalue weighted by molar-refractivity contribution is 4.54. The van der Waals surface area contributed by atoms with Crippen LogP contribution in [0.3, 0.4) is 0 Å². The van der Waals surface area contributed by atoms with E-state index in [0.717, 1.165) is 52.2 Å². The Morgan fingerprint density at radius 1 is 0.786 bits per heavy atom. The Labute approximate surface area is 88.0 Å². The van der Waals surface area contributed by atoms with Crippen LogP contribution >= 0.6 is 0 Å². The molecule has 0 aromatic carbocycles. The highest BCUT2D eigenvalue weighted by atomic mass is 14.9. The van der Waals surface area contributed by atoms with Crippen molar-refractivity contribution in [2.75, 3.05) is 45.8 Å². The Kier molecular flexibility index (Phi) is 12.7. The average Bonchev–Trinajstić information content (AvgIpc) is 2.21. The lowest BCUT2D eigenvalue weighted by molar-refractivity contribution is 0.573. The van der Waals surface area contributed by atoms with Crippen molar-refractivity contribution in [1.82, 2.24) is 16.0 Å². The lowest BCUT2D eigenvalue weighted by atomic mass is 10.4. The molecule has 0 aromatic heterocycles. The van der Waals surface area contributed by atoms with Gasteiger partial charge in [-0.15, -0.1) is 0 Å². The molecule has 4 heteroatoms. The minimum atomic E-state index is 0.781. The Bertz CT molecular complexity index is 86.1. The van der Waals surface area contributed by atoms with Crippen molar-refractivity contribution in [1.29, 1.82) is 0 Å². The number of rotatable bonds is 11. The van der Waals surface area contributed by atoms with E-state index in [1.807, 2.05) is 0 Å². The van der Waals surface area contributed by atoms with Gasteiger partial charge in [-0.25, -0.2) is 0 Å². The largest absolute Gasteiger partial charge is 0.330 e. The summed E-state index contributed by atoms with van der Waals surface area (Å²) in [6.45, 7) is 9.34. The second-order valence-electron chi connectivity index (χ2n) is 3.35. The molecular weight excluding hydrogens is 176 g/mol. The first-order valence-corrected chi connectivity index (χ1v) is 5.74. The molecule has 0 amide bonds. The number of nitrogens with two attached hydrogens (primary N) is 1. The van der Waals surface area contributed by atoms with Gasteiger partial charge in [-0.05, 0) is 45.6 Å². The third-order valence-corrected chi connectivity index (χ3v) is 1.99. The molecule has 4 nitrogen and oxygen atoms in total. The van der Waals surface area contributed by atoms with Gasteiger partial charge < -0.3 is 21.7 Å². The molecule has 0 heterocycles. The molecule has 86 valence electrons. The zero-order chi connectivity index (χ0) is 10.5. The normalized spacial score (nSPS) is 10.7. The van der Waals surface area contributed by atoms with E-state index in [9.17, 15) is 0 Å². The minimum Gasteiger partial charge on any atom is -0.330 e. The van der Waals surface area contributed by atoms with Crippen LogP contribution in [0.4, 0.5) is 0 Å². The highest BCUT2D eigenvalue weighted by Gasteiger charge is 1.88. The van der Waals surface area contributed by atoms with E-state index >= 15 is 0 Å². The molecule has 0 radical (unpaired) electrons. The van der Waals surface area contributed by atoms with E-state index < -0.39 is 0 Å². The van der Waals surface area contributed by atoms with Crippen molar-refractivity contribution in [2.24, 2.45) is 5.73 Å². The molecule has 0 atom stereocenters. The zero-order valence-electron chi connectivity index (χ0n) is 9.44. The van der Waals surface area contributed by atoms with Crippen molar-refractivity contribution in [3.63, 3.8) is 0 Å². The molecule has 0 fully saturated rings. The van der Waals surface area contributed by atoms with E-state index in [1.54, 1.807) is 0 Å². The summed E-state index contributed by atoms with van der Waals surface area (Å²) >= 11 is 0. The summed E-state index contributed by atoms with van der Waals surface area (Å²) in [5.74, 6) is 0. The lowest BCUT2D eigenvalue weighted by Crippen LogP contribution is -2.30. The molecule has 0 bridgehead atoms. The maximum atomic E-state index is 5.37. The van der Waals surface area contributed by atoms with Gasteiger partial charge >= 0.3 is 0 Å². The van der Waals surface area contributed by atoms with Crippen LogP contribution in [0.15, 0.2) is 0 Å². The first-order chi connectivity index (χ1) is 6.91. The summed E-state index contributed by atoms with van der Waals surface area (Å²) in [7, 11) is 0.